The Balaban J connectivity index is 5.20. The third kappa shape index (κ3) is 69.8. The Morgan fingerprint density at radius 1 is 0.286 bits per heavy atom. The quantitative estimate of drug-likeness (QED) is 0.0222. The molecule has 19 heteroatoms. The Bertz CT molecular complexity index is 1920. The molecule has 98 heavy (non-hydrogen) atoms. The number of carbonyl (C=O) groups excluding carboxylic acids is 4. The van der Waals surface area contributed by atoms with Crippen LogP contribution in [0.2, 0.25) is 0 Å². The third-order valence-corrected chi connectivity index (χ3v) is 20.9. The Kier molecular flexibility index (Phi) is 66.8. The van der Waals surface area contributed by atoms with Gasteiger partial charge in [-0.2, -0.15) is 0 Å². The predicted octanol–water partition coefficient (Wildman–Crippen LogP) is 23.2. The van der Waals surface area contributed by atoms with E-state index < -0.39 is 97.5 Å². The number of hydrogen-bond acceptors (Lipinski definition) is 15. The summed E-state index contributed by atoms with van der Waals surface area (Å²) in [6.45, 7) is 14.2. The average molecular weight is 1440 g/mol. The number of esters is 4. The summed E-state index contributed by atoms with van der Waals surface area (Å²) in [5.41, 5.74) is 0. The van der Waals surface area contributed by atoms with Gasteiger partial charge in [-0.15, -0.1) is 0 Å². The summed E-state index contributed by atoms with van der Waals surface area (Å²) < 4.78 is 68.6. The van der Waals surface area contributed by atoms with E-state index >= 15 is 0 Å². The molecule has 0 aromatic carbocycles. The summed E-state index contributed by atoms with van der Waals surface area (Å²) in [7, 11) is -9.92. The first-order chi connectivity index (χ1) is 47.2. The predicted molar refractivity (Wildman–Crippen MR) is 400 cm³/mol. The molecule has 3 N–H and O–H groups in total. The molecule has 5 unspecified atom stereocenters. The zero-order valence-electron chi connectivity index (χ0n) is 64.4. The van der Waals surface area contributed by atoms with Crippen molar-refractivity contribution >= 4 is 39.5 Å². The number of phosphoric acid groups is 2. The lowest BCUT2D eigenvalue weighted by Gasteiger charge is -2.21. The van der Waals surface area contributed by atoms with Gasteiger partial charge in [-0.1, -0.05) is 351 Å². The number of ether oxygens (including phenoxy) is 4. The average Bonchev–Trinajstić information content (AvgIpc) is 1.25. The Morgan fingerprint density at radius 3 is 0.724 bits per heavy atom. The maximum Gasteiger partial charge on any atom is 0.472 e. The second-order valence-corrected chi connectivity index (χ2v) is 32.8. The summed E-state index contributed by atoms with van der Waals surface area (Å²) in [5, 5.41) is 10.6. The van der Waals surface area contributed by atoms with Gasteiger partial charge in [-0.3, -0.25) is 37.3 Å². The normalized spacial score (nSPS) is 14.6. The van der Waals surface area contributed by atoms with Crippen molar-refractivity contribution in [3.8, 4) is 0 Å². The summed E-state index contributed by atoms with van der Waals surface area (Å²) in [6, 6.07) is 0. The molecular formula is C79H154O17P2. The fraction of sp³-hybridized carbons (Fsp3) is 0.949. The van der Waals surface area contributed by atoms with Crippen molar-refractivity contribution < 1.29 is 80.2 Å². The molecule has 0 amide bonds. The topological polar surface area (TPSA) is 237 Å². The fourth-order valence-corrected chi connectivity index (χ4v) is 13.6. The van der Waals surface area contributed by atoms with Crippen LogP contribution in [0.25, 0.3) is 0 Å². The highest BCUT2D eigenvalue weighted by Gasteiger charge is 2.30. The molecule has 0 bridgehead atoms. The van der Waals surface area contributed by atoms with Crippen molar-refractivity contribution in [2.75, 3.05) is 39.6 Å². The van der Waals surface area contributed by atoms with Crippen LogP contribution in [0.1, 0.15) is 402 Å². The first kappa shape index (κ1) is 96.1. The molecule has 582 valence electrons. The van der Waals surface area contributed by atoms with Crippen LogP contribution in [0, 0.1) is 23.7 Å². The standard InChI is InChI=1S/C79H154O17P2/c1-9-71(7)57-49-41-33-23-19-17-15-13-11-12-14-16-18-20-25-37-45-53-61-78(83)95-74(65-89-76(81)59-51-43-35-29-27-31-39-47-55-69(3)4)67-93-97(85,86)91-63-73(80)64-92-98(87,88)94-68-75(66-90-77(82)60-52-44-36-30-28-32-40-48-56-70(5)6)96-79(84)62-54-46-38-26-22-21-24-34-42-50-58-72(8)10-2/h69-75,80H,9-68H2,1-8H3,(H,85,86)(H,87,88)/t71?,72?,73?,74-,75-/m1/s1. The van der Waals surface area contributed by atoms with Crippen LogP contribution in [-0.2, 0) is 65.4 Å². The zero-order valence-corrected chi connectivity index (χ0v) is 66.2. The lowest BCUT2D eigenvalue weighted by atomic mass is 9.99. The number of phosphoric ester groups is 2. The second kappa shape index (κ2) is 68.2. The number of rotatable bonds is 76. The van der Waals surface area contributed by atoms with Gasteiger partial charge in [0.15, 0.2) is 12.2 Å². The molecule has 0 heterocycles. The highest BCUT2D eigenvalue weighted by Crippen LogP contribution is 2.45. The Labute approximate surface area is 600 Å². The molecule has 0 rings (SSSR count). The van der Waals surface area contributed by atoms with E-state index in [4.69, 9.17) is 37.0 Å². The molecule has 0 aromatic rings. The van der Waals surface area contributed by atoms with E-state index in [-0.39, 0.29) is 25.7 Å². The number of carbonyl (C=O) groups is 4. The fourth-order valence-electron chi connectivity index (χ4n) is 12.0. The van der Waals surface area contributed by atoms with Gasteiger partial charge in [0.2, 0.25) is 0 Å². The first-order valence-corrected chi connectivity index (χ1v) is 43.8. The molecule has 7 atom stereocenters. The maximum absolute atomic E-state index is 13.1. The van der Waals surface area contributed by atoms with Gasteiger partial charge in [0.1, 0.15) is 19.3 Å². The van der Waals surface area contributed by atoms with Gasteiger partial charge in [-0.05, 0) is 49.4 Å². The molecule has 0 saturated carbocycles. The van der Waals surface area contributed by atoms with E-state index in [1.54, 1.807) is 0 Å². The van der Waals surface area contributed by atoms with E-state index in [1.807, 2.05) is 0 Å². The van der Waals surface area contributed by atoms with E-state index in [0.717, 1.165) is 114 Å². The second-order valence-electron chi connectivity index (χ2n) is 29.9. The Morgan fingerprint density at radius 2 is 0.490 bits per heavy atom. The zero-order chi connectivity index (χ0) is 72.4. The van der Waals surface area contributed by atoms with Crippen molar-refractivity contribution in [3.05, 3.63) is 0 Å². The van der Waals surface area contributed by atoms with Crippen LogP contribution in [0.4, 0.5) is 0 Å². The van der Waals surface area contributed by atoms with Crippen molar-refractivity contribution in [1.82, 2.24) is 0 Å². The monoisotopic (exact) mass is 1440 g/mol. The van der Waals surface area contributed by atoms with Gasteiger partial charge >= 0.3 is 39.5 Å². The number of aliphatic hydroxyl groups excluding tert-OH is 1. The van der Waals surface area contributed by atoms with Gasteiger partial charge in [0, 0.05) is 25.7 Å². The highest BCUT2D eigenvalue weighted by molar-refractivity contribution is 7.47. The van der Waals surface area contributed by atoms with E-state index in [0.29, 0.717) is 25.7 Å². The van der Waals surface area contributed by atoms with Gasteiger partial charge in [-0.25, -0.2) is 9.13 Å². The van der Waals surface area contributed by atoms with Crippen molar-refractivity contribution in [1.29, 1.82) is 0 Å². The summed E-state index contributed by atoms with van der Waals surface area (Å²) >= 11 is 0. The third-order valence-electron chi connectivity index (χ3n) is 19.0. The van der Waals surface area contributed by atoms with E-state index in [1.165, 1.54) is 205 Å². The lowest BCUT2D eigenvalue weighted by molar-refractivity contribution is -0.161. The summed E-state index contributed by atoms with van der Waals surface area (Å²) in [6.07, 6.45) is 54.2. The molecule has 0 aliphatic heterocycles. The van der Waals surface area contributed by atoms with Gasteiger partial charge in [0.05, 0.1) is 26.4 Å². The van der Waals surface area contributed by atoms with E-state index in [9.17, 15) is 43.2 Å². The van der Waals surface area contributed by atoms with Crippen LogP contribution in [0.15, 0.2) is 0 Å². The number of aliphatic hydroxyl groups is 1. The van der Waals surface area contributed by atoms with Crippen LogP contribution >= 0.6 is 15.6 Å². The minimum absolute atomic E-state index is 0.105. The molecular weight excluding hydrogens is 1280 g/mol. The summed E-state index contributed by atoms with van der Waals surface area (Å²) in [4.78, 5) is 72.9. The highest BCUT2D eigenvalue weighted by atomic mass is 31.2. The minimum Gasteiger partial charge on any atom is -0.462 e. The molecule has 0 saturated heterocycles. The molecule has 0 fully saturated rings. The first-order valence-electron chi connectivity index (χ1n) is 40.8. The number of hydrogen-bond donors (Lipinski definition) is 3. The van der Waals surface area contributed by atoms with E-state index in [2.05, 4.69) is 55.4 Å². The summed E-state index contributed by atoms with van der Waals surface area (Å²) in [5.74, 6) is 1.01. The molecule has 17 nitrogen and oxygen atoms in total. The Hall–Kier alpha value is -1.94. The molecule has 0 spiro atoms. The maximum atomic E-state index is 13.1. The van der Waals surface area contributed by atoms with Gasteiger partial charge < -0.3 is 33.8 Å². The van der Waals surface area contributed by atoms with Crippen LogP contribution in [0.3, 0.4) is 0 Å². The van der Waals surface area contributed by atoms with Crippen LogP contribution in [0.5, 0.6) is 0 Å². The van der Waals surface area contributed by atoms with Crippen LogP contribution in [-0.4, -0.2) is 96.7 Å². The number of unbranched alkanes of at least 4 members (excludes halogenated alkanes) is 40. The lowest BCUT2D eigenvalue weighted by Crippen LogP contribution is -2.30. The molecule has 0 aliphatic rings. The molecule has 0 radical (unpaired) electrons. The molecule has 0 aliphatic carbocycles. The van der Waals surface area contributed by atoms with Gasteiger partial charge in [0.25, 0.3) is 0 Å². The minimum atomic E-state index is -4.96. The largest absolute Gasteiger partial charge is 0.472 e. The van der Waals surface area contributed by atoms with Crippen molar-refractivity contribution in [2.45, 2.75) is 420 Å². The SMILES string of the molecule is CCC(C)CCCCCCCCCCCCCCCCCCCCC(=O)O[C@H](COC(=O)CCCCCCCCCCC(C)C)COP(=O)(O)OCC(O)COP(=O)(O)OC[C@@H](COC(=O)CCCCCCCCCCC(C)C)OC(=O)CCCCCCCCCCCCC(C)CC. The van der Waals surface area contributed by atoms with Crippen LogP contribution < -0.4 is 0 Å². The molecule has 0 aromatic heterocycles. The van der Waals surface area contributed by atoms with Crippen molar-refractivity contribution in [3.63, 3.8) is 0 Å². The smallest absolute Gasteiger partial charge is 0.462 e. The van der Waals surface area contributed by atoms with Crippen molar-refractivity contribution in [2.24, 2.45) is 23.7 Å².